The van der Waals surface area contributed by atoms with Crippen LogP contribution >= 0.6 is 0 Å². The van der Waals surface area contributed by atoms with E-state index in [0.717, 1.165) is 27.7 Å². The molecule has 2 amide bonds. The molecule has 6 rings (SSSR count). The van der Waals surface area contributed by atoms with Gasteiger partial charge in [-0.2, -0.15) is 0 Å². The summed E-state index contributed by atoms with van der Waals surface area (Å²) >= 11 is 0. The van der Waals surface area contributed by atoms with E-state index in [2.05, 4.69) is 26.2 Å². The van der Waals surface area contributed by atoms with E-state index < -0.39 is 0 Å². The number of fused-ring (bicyclic) bond motifs is 2. The zero-order valence-electron chi connectivity index (χ0n) is 20.0. The Morgan fingerprint density at radius 1 is 0.972 bits per heavy atom. The third-order valence-corrected chi connectivity index (χ3v) is 6.83. The van der Waals surface area contributed by atoms with Crippen molar-refractivity contribution < 1.29 is 14.3 Å². The molecular weight excluding hydrogens is 458 g/mol. The quantitative estimate of drug-likeness (QED) is 0.447. The van der Waals surface area contributed by atoms with E-state index in [1.165, 1.54) is 0 Å². The number of aromatic nitrogens is 4. The highest BCUT2D eigenvalue weighted by atomic mass is 16.6. The van der Waals surface area contributed by atoms with Gasteiger partial charge >= 0.3 is 6.03 Å². The van der Waals surface area contributed by atoms with E-state index >= 15 is 0 Å². The molecule has 2 fully saturated rings. The molecule has 4 unspecified atom stereocenters. The minimum absolute atomic E-state index is 0.193. The zero-order chi connectivity index (χ0) is 24.6. The van der Waals surface area contributed by atoms with Crippen LogP contribution in [0.2, 0.25) is 0 Å². The predicted molar refractivity (Wildman–Crippen MR) is 136 cm³/mol. The number of hydrogen-bond acceptors (Lipinski definition) is 7. The summed E-state index contributed by atoms with van der Waals surface area (Å²) in [5.74, 6) is 0.656. The fourth-order valence-electron chi connectivity index (χ4n) is 4.99. The van der Waals surface area contributed by atoms with Crippen molar-refractivity contribution in [3.05, 3.63) is 66.7 Å². The molecule has 10 heteroatoms. The standard InChI is InChI=1S/C26H27N7O3/c1-32(2)18-12-10-17(11-13-18)25-29-30-31-33(25)22-15-36-23-21(14-35-24(22)23)28-26(34)27-20-9-5-7-16-6-3-4-8-19(16)20/h3-13,21-24H,14-15H2,1-2H3,(H2,27,28,34). The molecule has 0 aliphatic carbocycles. The number of benzene rings is 3. The van der Waals surface area contributed by atoms with Gasteiger partial charge < -0.3 is 25.0 Å². The fourth-order valence-corrected chi connectivity index (χ4v) is 4.99. The highest BCUT2D eigenvalue weighted by Crippen LogP contribution is 2.36. The number of nitrogens with one attached hydrogen (secondary N) is 2. The molecule has 2 aliphatic rings. The average Bonchev–Trinajstić information content (AvgIpc) is 3.62. The van der Waals surface area contributed by atoms with Crippen molar-refractivity contribution in [1.29, 1.82) is 0 Å². The number of carbonyl (C=O) groups is 1. The third-order valence-electron chi connectivity index (χ3n) is 6.83. The number of tetrazole rings is 1. The van der Waals surface area contributed by atoms with Crippen molar-refractivity contribution in [3.8, 4) is 11.4 Å². The van der Waals surface area contributed by atoms with Crippen molar-refractivity contribution in [2.75, 3.05) is 37.5 Å². The van der Waals surface area contributed by atoms with Gasteiger partial charge in [-0.15, -0.1) is 5.10 Å². The first kappa shape index (κ1) is 22.4. The van der Waals surface area contributed by atoms with Gasteiger partial charge in [0.25, 0.3) is 0 Å². The Balaban J connectivity index is 1.15. The lowest BCUT2D eigenvalue weighted by molar-refractivity contribution is 0.0624. The molecule has 0 saturated carbocycles. The molecule has 4 atom stereocenters. The molecule has 184 valence electrons. The van der Waals surface area contributed by atoms with Gasteiger partial charge in [-0.1, -0.05) is 36.4 Å². The number of amides is 2. The van der Waals surface area contributed by atoms with Crippen molar-refractivity contribution in [1.82, 2.24) is 25.5 Å². The second-order valence-corrected chi connectivity index (χ2v) is 9.28. The van der Waals surface area contributed by atoms with E-state index in [-0.39, 0.29) is 30.3 Å². The van der Waals surface area contributed by atoms with Crippen molar-refractivity contribution in [2.24, 2.45) is 0 Å². The first-order valence-corrected chi connectivity index (χ1v) is 11.9. The van der Waals surface area contributed by atoms with Crippen LogP contribution in [-0.2, 0) is 9.47 Å². The Bertz CT molecular complexity index is 1380. The summed E-state index contributed by atoms with van der Waals surface area (Å²) < 4.78 is 14.0. The Labute approximate surface area is 208 Å². The van der Waals surface area contributed by atoms with E-state index in [0.29, 0.717) is 19.0 Å². The first-order chi connectivity index (χ1) is 17.6. The van der Waals surface area contributed by atoms with Crippen molar-refractivity contribution in [2.45, 2.75) is 24.3 Å². The summed E-state index contributed by atoms with van der Waals surface area (Å²) in [7, 11) is 4.00. The smallest absolute Gasteiger partial charge is 0.319 e. The number of urea groups is 1. The van der Waals surface area contributed by atoms with Gasteiger partial charge in [-0.25, -0.2) is 9.48 Å². The highest BCUT2D eigenvalue weighted by Gasteiger charge is 2.50. The monoisotopic (exact) mass is 485 g/mol. The first-order valence-electron chi connectivity index (χ1n) is 11.9. The number of carbonyl (C=O) groups excluding carboxylic acids is 1. The maximum absolute atomic E-state index is 12.9. The maximum Gasteiger partial charge on any atom is 0.319 e. The Kier molecular flexibility index (Phi) is 5.74. The van der Waals surface area contributed by atoms with E-state index in [1.54, 1.807) is 4.68 Å². The van der Waals surface area contributed by atoms with Gasteiger partial charge in [0.1, 0.15) is 18.2 Å². The Hall–Kier alpha value is -4.02. The van der Waals surface area contributed by atoms with E-state index in [1.807, 2.05) is 85.7 Å². The van der Waals surface area contributed by atoms with Crippen LogP contribution in [0.15, 0.2) is 66.7 Å². The van der Waals surface area contributed by atoms with Gasteiger partial charge in [0.2, 0.25) is 0 Å². The normalized spacial score (nSPS) is 22.9. The fraction of sp³-hybridized carbons (Fsp3) is 0.308. The second-order valence-electron chi connectivity index (χ2n) is 9.28. The molecule has 3 heterocycles. The number of rotatable bonds is 5. The maximum atomic E-state index is 12.9. The van der Waals surface area contributed by atoms with Crippen LogP contribution in [0.5, 0.6) is 0 Å². The molecule has 36 heavy (non-hydrogen) atoms. The lowest BCUT2D eigenvalue weighted by Gasteiger charge is -2.19. The number of anilines is 2. The summed E-state index contributed by atoms with van der Waals surface area (Å²) in [5, 5.41) is 20.5. The molecule has 4 aromatic rings. The van der Waals surface area contributed by atoms with Crippen LogP contribution < -0.4 is 15.5 Å². The summed E-state index contributed by atoms with van der Waals surface area (Å²) in [6.07, 6.45) is -0.558. The molecule has 3 aromatic carbocycles. The highest BCUT2D eigenvalue weighted by molar-refractivity contribution is 6.01. The number of nitrogens with zero attached hydrogens (tertiary/aromatic N) is 5. The lowest BCUT2D eigenvalue weighted by atomic mass is 10.1. The number of ether oxygens (including phenoxy) is 2. The summed E-state index contributed by atoms with van der Waals surface area (Å²) in [5.41, 5.74) is 2.76. The molecule has 1 aromatic heterocycles. The molecule has 2 saturated heterocycles. The van der Waals surface area contributed by atoms with E-state index in [9.17, 15) is 4.79 Å². The third kappa shape index (κ3) is 4.04. The van der Waals surface area contributed by atoms with Gasteiger partial charge in [-0.05, 0) is 46.1 Å². The Morgan fingerprint density at radius 2 is 1.75 bits per heavy atom. The van der Waals surface area contributed by atoms with Crippen LogP contribution in [0.25, 0.3) is 22.2 Å². The molecule has 0 radical (unpaired) electrons. The summed E-state index contributed by atoms with van der Waals surface area (Å²) in [4.78, 5) is 14.9. The Morgan fingerprint density at radius 3 is 2.58 bits per heavy atom. The van der Waals surface area contributed by atoms with Crippen LogP contribution in [-0.4, -0.2) is 71.8 Å². The summed E-state index contributed by atoms with van der Waals surface area (Å²) in [6.45, 7) is 0.746. The average molecular weight is 486 g/mol. The van der Waals surface area contributed by atoms with Crippen LogP contribution in [0.3, 0.4) is 0 Å². The number of hydrogen-bond donors (Lipinski definition) is 2. The molecule has 0 bridgehead atoms. The topological polar surface area (TPSA) is 106 Å². The van der Waals surface area contributed by atoms with Crippen molar-refractivity contribution in [3.63, 3.8) is 0 Å². The largest absolute Gasteiger partial charge is 0.378 e. The molecule has 2 aliphatic heterocycles. The minimum atomic E-state index is -0.295. The molecular formula is C26H27N7O3. The second kappa shape index (κ2) is 9.21. The van der Waals surface area contributed by atoms with Gasteiger partial charge in [-0.3, -0.25) is 0 Å². The molecule has 0 spiro atoms. The van der Waals surface area contributed by atoms with Crippen LogP contribution in [0.1, 0.15) is 6.04 Å². The lowest BCUT2D eigenvalue weighted by Crippen LogP contribution is -2.45. The predicted octanol–water partition coefficient (Wildman–Crippen LogP) is 3.09. The SMILES string of the molecule is CN(C)c1ccc(-c2nnnn2C2COC3C(NC(=O)Nc4cccc5ccccc45)COC32)cc1. The van der Waals surface area contributed by atoms with Crippen LogP contribution in [0.4, 0.5) is 16.2 Å². The van der Waals surface area contributed by atoms with E-state index in [4.69, 9.17) is 9.47 Å². The van der Waals surface area contributed by atoms with Gasteiger partial charge in [0.05, 0.1) is 24.9 Å². The van der Waals surface area contributed by atoms with Crippen LogP contribution in [0, 0.1) is 0 Å². The molecule has 2 N–H and O–H groups in total. The van der Waals surface area contributed by atoms with Gasteiger partial charge in [0, 0.05) is 30.7 Å². The zero-order valence-corrected chi connectivity index (χ0v) is 20.0. The molecule has 10 nitrogen and oxygen atoms in total. The van der Waals surface area contributed by atoms with Crippen molar-refractivity contribution >= 4 is 28.2 Å². The van der Waals surface area contributed by atoms with Gasteiger partial charge in [0.15, 0.2) is 5.82 Å². The minimum Gasteiger partial charge on any atom is -0.378 e. The summed E-state index contributed by atoms with van der Waals surface area (Å²) in [6, 6.07) is 21.1.